The minimum Gasteiger partial charge on any atom is -0.393 e. The summed E-state index contributed by atoms with van der Waals surface area (Å²) in [5, 5.41) is 3.59. The highest BCUT2D eigenvalue weighted by atomic mass is 19.2. The maximum absolute atomic E-state index is 15.5. The predicted molar refractivity (Wildman–Crippen MR) is 103 cm³/mol. The lowest BCUT2D eigenvalue weighted by atomic mass is 9.84. The van der Waals surface area contributed by atoms with Gasteiger partial charge in [0, 0.05) is 34.9 Å². The molecule has 0 saturated carbocycles. The fraction of sp³-hybridized carbons (Fsp3) is 0.211. The number of aryl methyl sites for hydroxylation is 2. The van der Waals surface area contributed by atoms with Gasteiger partial charge in [-0.2, -0.15) is 0 Å². The summed E-state index contributed by atoms with van der Waals surface area (Å²) in [5.41, 5.74) is 14.4. The molecule has 5 nitrogen and oxygen atoms in total. The summed E-state index contributed by atoms with van der Waals surface area (Å²) < 4.78 is 33.4. The molecule has 0 spiro atoms. The van der Waals surface area contributed by atoms with Gasteiger partial charge in [-0.15, -0.1) is 0 Å². The van der Waals surface area contributed by atoms with Crippen molar-refractivity contribution in [2.45, 2.75) is 27.7 Å². The molecule has 0 saturated heterocycles. The smallest absolute Gasteiger partial charge is 0.393 e. The van der Waals surface area contributed by atoms with E-state index in [0.717, 1.165) is 22.3 Å². The number of rotatable bonds is 2. The topological polar surface area (TPSA) is 56.7 Å². The predicted octanol–water partition coefficient (Wildman–Crippen LogP) is 5.48. The number of halogens is 2. The van der Waals surface area contributed by atoms with E-state index in [4.69, 9.17) is 5.53 Å². The van der Waals surface area contributed by atoms with E-state index in [1.807, 2.05) is 26.0 Å². The Labute approximate surface area is 155 Å². The number of benzene rings is 1. The number of azide groups is 1. The highest BCUT2D eigenvalue weighted by molar-refractivity contribution is 6.58. The van der Waals surface area contributed by atoms with Gasteiger partial charge in [0.15, 0.2) is 5.70 Å². The average Bonchev–Trinajstić information content (AvgIpc) is 3.07. The molecular formula is C19H18BF2N5. The fourth-order valence-electron chi connectivity index (χ4n) is 4.32. The first kappa shape index (κ1) is 17.3. The quantitative estimate of drug-likeness (QED) is 0.293. The van der Waals surface area contributed by atoms with Crippen molar-refractivity contribution in [3.05, 3.63) is 80.6 Å². The first-order valence-corrected chi connectivity index (χ1v) is 8.70. The third kappa shape index (κ3) is 2.30. The minimum atomic E-state index is -3.97. The van der Waals surface area contributed by atoms with Crippen LogP contribution >= 0.6 is 0 Å². The third-order valence-electron chi connectivity index (χ3n) is 5.25. The Bertz CT molecular complexity index is 1130. The number of hydrogen-bond donors (Lipinski definition) is 0. The number of fused-ring (bicyclic) bond motifs is 2. The molecule has 8 heteroatoms. The number of nitrogens with zero attached hydrogens (tertiary/aromatic N) is 5. The lowest BCUT2D eigenvalue weighted by molar-refractivity contribution is -0.363. The van der Waals surface area contributed by atoms with Crippen molar-refractivity contribution < 1.29 is 13.1 Å². The van der Waals surface area contributed by atoms with E-state index in [0.29, 0.717) is 28.5 Å². The van der Waals surface area contributed by atoms with Gasteiger partial charge in [-0.3, -0.25) is 0 Å². The Morgan fingerprint density at radius 1 is 1.11 bits per heavy atom. The minimum absolute atomic E-state index is 0.485. The average molecular weight is 365 g/mol. The van der Waals surface area contributed by atoms with Gasteiger partial charge in [-0.05, 0) is 49.2 Å². The summed E-state index contributed by atoms with van der Waals surface area (Å²) >= 11 is 0. The van der Waals surface area contributed by atoms with Crippen LogP contribution in [0.25, 0.3) is 16.0 Å². The lowest BCUT2D eigenvalue weighted by Crippen LogP contribution is -2.51. The van der Waals surface area contributed by atoms with Crippen molar-refractivity contribution in [3.63, 3.8) is 0 Å². The van der Waals surface area contributed by atoms with Crippen LogP contribution in [0.1, 0.15) is 36.4 Å². The molecule has 2 aromatic rings. The second kappa shape index (κ2) is 5.69. The molecule has 2 aliphatic rings. The Balaban J connectivity index is 2.10. The molecule has 3 heterocycles. The number of aromatic nitrogens is 1. The van der Waals surface area contributed by atoms with Gasteiger partial charge in [-0.25, -0.2) is 0 Å². The summed E-state index contributed by atoms with van der Waals surface area (Å²) in [6.07, 6.45) is 1.80. The normalized spacial score (nSPS) is 17.5. The molecule has 2 aliphatic heterocycles. The molecule has 0 aliphatic carbocycles. The lowest BCUT2D eigenvalue weighted by Gasteiger charge is -2.34. The standard InChI is InChI=1S/C19H18BF2N5/c1-11-9-13(3)26-18(11)17(15-5-7-16(8-6-15)24-25-23)19-12(2)10-14(4)27(19)20(26,21)22/h5-10H,1-4H3. The van der Waals surface area contributed by atoms with E-state index in [9.17, 15) is 0 Å². The monoisotopic (exact) mass is 365 g/mol. The Morgan fingerprint density at radius 3 is 2.41 bits per heavy atom. The molecule has 136 valence electrons. The number of hydrogen-bond acceptors (Lipinski definition) is 1. The molecule has 27 heavy (non-hydrogen) atoms. The van der Waals surface area contributed by atoms with Gasteiger partial charge in [0.25, 0.3) is 0 Å². The third-order valence-corrected chi connectivity index (χ3v) is 5.25. The van der Waals surface area contributed by atoms with Crippen molar-refractivity contribution in [1.82, 2.24) is 4.48 Å². The van der Waals surface area contributed by atoms with Crippen LogP contribution < -0.4 is 0 Å². The van der Waals surface area contributed by atoms with E-state index in [1.165, 1.54) is 8.96 Å². The maximum Gasteiger partial charge on any atom is 0.737 e. The van der Waals surface area contributed by atoms with Crippen molar-refractivity contribution in [2.24, 2.45) is 5.11 Å². The van der Waals surface area contributed by atoms with Gasteiger partial charge in [0.05, 0.1) is 5.57 Å². The van der Waals surface area contributed by atoms with E-state index in [1.54, 1.807) is 38.1 Å². The zero-order chi connectivity index (χ0) is 19.5. The van der Waals surface area contributed by atoms with Crippen molar-refractivity contribution in [3.8, 4) is 0 Å². The van der Waals surface area contributed by atoms with Gasteiger partial charge in [0.1, 0.15) is 5.71 Å². The maximum atomic E-state index is 15.5. The summed E-state index contributed by atoms with van der Waals surface area (Å²) in [5.74, 6) is 0. The summed E-state index contributed by atoms with van der Waals surface area (Å²) in [6.45, 7) is 3.18. The highest BCUT2D eigenvalue weighted by Crippen LogP contribution is 2.44. The van der Waals surface area contributed by atoms with Gasteiger partial charge >= 0.3 is 6.97 Å². The van der Waals surface area contributed by atoms with Gasteiger partial charge < -0.3 is 17.6 Å². The van der Waals surface area contributed by atoms with Crippen LogP contribution in [0.4, 0.5) is 14.3 Å². The molecule has 0 fully saturated rings. The van der Waals surface area contributed by atoms with E-state index in [2.05, 4.69) is 10.0 Å². The van der Waals surface area contributed by atoms with E-state index in [-0.39, 0.29) is 0 Å². The molecule has 0 unspecified atom stereocenters. The number of allylic oxidation sites excluding steroid dienone is 2. The largest absolute Gasteiger partial charge is 0.737 e. The van der Waals surface area contributed by atoms with Gasteiger partial charge in [-0.1, -0.05) is 29.4 Å². The zero-order valence-electron chi connectivity index (χ0n) is 15.5. The summed E-state index contributed by atoms with van der Waals surface area (Å²) in [6, 6.07) is 8.83. The first-order chi connectivity index (χ1) is 12.8. The van der Waals surface area contributed by atoms with Crippen LogP contribution in [-0.4, -0.2) is 21.6 Å². The molecule has 0 atom stereocenters. The molecule has 4 rings (SSSR count). The zero-order valence-corrected chi connectivity index (χ0v) is 15.5. The Hall–Kier alpha value is -3.12. The van der Waals surface area contributed by atoms with Crippen LogP contribution in [-0.2, 0) is 0 Å². The molecule has 0 bridgehead atoms. The molecule has 1 aromatic heterocycles. The van der Waals surface area contributed by atoms with Crippen molar-refractivity contribution in [1.29, 1.82) is 0 Å². The van der Waals surface area contributed by atoms with E-state index < -0.39 is 6.97 Å². The van der Waals surface area contributed by atoms with Gasteiger partial charge in [0.2, 0.25) is 0 Å². The van der Waals surface area contributed by atoms with Crippen LogP contribution in [0.5, 0.6) is 0 Å². The van der Waals surface area contributed by atoms with Crippen LogP contribution in [0.3, 0.4) is 0 Å². The molecule has 0 N–H and O–H groups in total. The summed E-state index contributed by atoms with van der Waals surface area (Å²) in [7, 11) is 0. The highest BCUT2D eigenvalue weighted by Gasteiger charge is 2.55. The molecule has 1 aromatic carbocycles. The van der Waals surface area contributed by atoms with Crippen LogP contribution in [0.2, 0.25) is 0 Å². The van der Waals surface area contributed by atoms with Crippen molar-refractivity contribution >= 4 is 23.9 Å². The second-order valence-electron chi connectivity index (χ2n) is 7.07. The second-order valence-corrected chi connectivity index (χ2v) is 7.07. The van der Waals surface area contributed by atoms with Crippen LogP contribution in [0.15, 0.2) is 52.8 Å². The SMILES string of the molecule is CC1=CC(C)=[N+]2C1=C(c1ccc(N=[N+]=[N-])cc1)c1c(C)cc(C)n1[B-]2(F)F. The first-order valence-electron chi connectivity index (χ1n) is 8.70. The molecule has 0 radical (unpaired) electrons. The fourth-order valence-corrected chi connectivity index (χ4v) is 4.32. The Kier molecular flexibility index (Phi) is 3.65. The molecule has 0 amide bonds. The Morgan fingerprint density at radius 2 is 1.78 bits per heavy atom. The summed E-state index contributed by atoms with van der Waals surface area (Å²) in [4.78, 5) is 2.79. The molecular weight excluding hydrogens is 347 g/mol. The van der Waals surface area contributed by atoms with E-state index >= 15 is 8.63 Å². The van der Waals surface area contributed by atoms with Crippen molar-refractivity contribution in [2.75, 3.05) is 0 Å². The van der Waals surface area contributed by atoms with Crippen LogP contribution in [0, 0.1) is 13.8 Å².